The monoisotopic (exact) mass is 426 g/mol. The molecular weight excluding hydrogens is 402 g/mol. The molecule has 2 heterocycles. The molecule has 1 saturated heterocycles. The van der Waals surface area contributed by atoms with Crippen LogP contribution in [0.1, 0.15) is 35.8 Å². The van der Waals surface area contributed by atoms with Crippen LogP contribution in [0.4, 0.5) is 8.78 Å². The van der Waals surface area contributed by atoms with Crippen molar-refractivity contribution < 1.29 is 18.3 Å². The summed E-state index contributed by atoms with van der Waals surface area (Å²) >= 11 is 0. The molecule has 1 amide bonds. The summed E-state index contributed by atoms with van der Waals surface area (Å²) < 4.78 is 35.8. The summed E-state index contributed by atoms with van der Waals surface area (Å²) in [6, 6.07) is 16.2. The number of hydrogen-bond donors (Lipinski definition) is 0. The first-order valence-corrected chi connectivity index (χ1v) is 10.2. The van der Waals surface area contributed by atoms with Crippen molar-refractivity contribution in [2.24, 2.45) is 0 Å². The number of rotatable bonds is 7. The summed E-state index contributed by atoms with van der Waals surface area (Å²) in [5.41, 5.74) is 1.87. The van der Waals surface area contributed by atoms with E-state index in [-0.39, 0.29) is 12.3 Å². The maximum Gasteiger partial charge on any atom is 0.267 e. The number of methoxy groups -OCH3 is 1. The number of nitrogens with zero attached hydrogens (tertiary/aromatic N) is 4. The smallest absolute Gasteiger partial charge is 0.267 e. The molecule has 1 atom stereocenters. The van der Waals surface area contributed by atoms with Gasteiger partial charge < -0.3 is 14.2 Å². The van der Waals surface area contributed by atoms with Gasteiger partial charge >= 0.3 is 0 Å². The summed E-state index contributed by atoms with van der Waals surface area (Å²) in [4.78, 5) is 14.2. The van der Waals surface area contributed by atoms with Gasteiger partial charge in [0, 0.05) is 12.8 Å². The minimum absolute atomic E-state index is 0.111. The summed E-state index contributed by atoms with van der Waals surface area (Å²) in [6.07, 6.45) is 1.59. The second-order valence-corrected chi connectivity index (χ2v) is 7.71. The number of halogens is 2. The standard InChI is InChI=1S/C23H24F2N4O2/c1-31-20-10-6-5-9-18(20)11-12-21(30)29-15-23(24,25)13-19(29)22-27-26-16-28(22)14-17-7-3-2-4-8-17/h2-10,16,19H,11-15H2,1H3. The molecule has 162 valence electrons. The molecule has 1 aromatic heterocycles. The van der Waals surface area contributed by atoms with E-state index in [1.807, 2.05) is 54.6 Å². The number of aryl methyl sites for hydroxylation is 1. The predicted octanol–water partition coefficient (Wildman–Crippen LogP) is 3.88. The molecule has 0 N–H and O–H groups in total. The van der Waals surface area contributed by atoms with Gasteiger partial charge in [0.25, 0.3) is 5.92 Å². The minimum Gasteiger partial charge on any atom is -0.496 e. The van der Waals surface area contributed by atoms with Gasteiger partial charge in [-0.15, -0.1) is 10.2 Å². The lowest BCUT2D eigenvalue weighted by Gasteiger charge is -2.24. The predicted molar refractivity (Wildman–Crippen MR) is 111 cm³/mol. The first-order chi connectivity index (χ1) is 15.0. The Hall–Kier alpha value is -3.29. The highest BCUT2D eigenvalue weighted by atomic mass is 19.3. The van der Waals surface area contributed by atoms with Gasteiger partial charge in [0.1, 0.15) is 12.1 Å². The Morgan fingerprint density at radius 1 is 1.16 bits per heavy atom. The zero-order valence-electron chi connectivity index (χ0n) is 17.2. The zero-order valence-corrected chi connectivity index (χ0v) is 17.2. The van der Waals surface area contributed by atoms with Crippen LogP contribution in [-0.4, -0.2) is 45.1 Å². The second-order valence-electron chi connectivity index (χ2n) is 7.71. The van der Waals surface area contributed by atoms with Gasteiger partial charge in [0.15, 0.2) is 5.82 Å². The van der Waals surface area contributed by atoms with Crippen molar-refractivity contribution in [3.8, 4) is 5.75 Å². The molecule has 31 heavy (non-hydrogen) atoms. The average molecular weight is 426 g/mol. The lowest BCUT2D eigenvalue weighted by Crippen LogP contribution is -2.34. The summed E-state index contributed by atoms with van der Waals surface area (Å²) in [7, 11) is 1.57. The number of amides is 1. The number of alkyl halides is 2. The SMILES string of the molecule is COc1ccccc1CCC(=O)N1CC(F)(F)CC1c1nncn1Cc1ccccc1. The van der Waals surface area contributed by atoms with Crippen LogP contribution in [0.3, 0.4) is 0 Å². The molecule has 0 radical (unpaired) electrons. The largest absolute Gasteiger partial charge is 0.496 e. The summed E-state index contributed by atoms with van der Waals surface area (Å²) in [5, 5.41) is 8.04. The fourth-order valence-electron chi connectivity index (χ4n) is 4.03. The van der Waals surface area contributed by atoms with Gasteiger partial charge in [0.05, 0.1) is 26.2 Å². The zero-order chi connectivity index (χ0) is 21.8. The van der Waals surface area contributed by atoms with Crippen LogP contribution in [0.5, 0.6) is 5.75 Å². The lowest BCUT2D eigenvalue weighted by atomic mass is 10.1. The van der Waals surface area contributed by atoms with Crippen LogP contribution in [0.2, 0.25) is 0 Å². The Morgan fingerprint density at radius 3 is 2.68 bits per heavy atom. The third-order valence-corrected chi connectivity index (χ3v) is 5.53. The van der Waals surface area contributed by atoms with E-state index >= 15 is 0 Å². The third-order valence-electron chi connectivity index (χ3n) is 5.53. The topological polar surface area (TPSA) is 60.2 Å². The third kappa shape index (κ3) is 4.73. The van der Waals surface area contributed by atoms with Crippen LogP contribution in [0, 0.1) is 0 Å². The normalized spacial score (nSPS) is 17.6. The molecule has 6 nitrogen and oxygen atoms in total. The van der Waals surface area contributed by atoms with Crippen LogP contribution in [-0.2, 0) is 17.8 Å². The lowest BCUT2D eigenvalue weighted by molar-refractivity contribution is -0.133. The number of ether oxygens (including phenoxy) is 1. The van der Waals surface area contributed by atoms with Crippen molar-refractivity contribution in [1.82, 2.24) is 19.7 Å². The molecule has 0 saturated carbocycles. The van der Waals surface area contributed by atoms with Gasteiger partial charge in [-0.1, -0.05) is 48.5 Å². The molecule has 4 rings (SSSR count). The van der Waals surface area contributed by atoms with Crippen molar-refractivity contribution in [2.45, 2.75) is 37.8 Å². The Balaban J connectivity index is 1.52. The van der Waals surface area contributed by atoms with Gasteiger partial charge in [-0.05, 0) is 23.6 Å². The molecule has 1 fully saturated rings. The van der Waals surface area contributed by atoms with E-state index < -0.39 is 24.9 Å². The Labute approximate surface area is 179 Å². The van der Waals surface area contributed by atoms with Crippen LogP contribution in [0.25, 0.3) is 0 Å². The highest BCUT2D eigenvalue weighted by molar-refractivity contribution is 5.77. The molecule has 1 aliphatic heterocycles. The molecule has 1 aliphatic rings. The summed E-state index contributed by atoms with van der Waals surface area (Å²) in [6.45, 7) is -0.158. The molecular formula is C23H24F2N4O2. The molecule has 3 aromatic rings. The number of carbonyl (C=O) groups excluding carboxylic acids is 1. The average Bonchev–Trinajstić information content (AvgIpc) is 3.36. The minimum atomic E-state index is -2.96. The van der Waals surface area contributed by atoms with Gasteiger partial charge in [-0.2, -0.15) is 0 Å². The van der Waals surface area contributed by atoms with Gasteiger partial charge in [-0.3, -0.25) is 4.79 Å². The van der Waals surface area contributed by atoms with E-state index in [0.717, 1.165) is 11.1 Å². The van der Waals surface area contributed by atoms with E-state index in [0.29, 0.717) is 24.5 Å². The van der Waals surface area contributed by atoms with E-state index in [4.69, 9.17) is 4.74 Å². The highest BCUT2D eigenvalue weighted by Crippen LogP contribution is 2.41. The Bertz CT molecular complexity index is 1040. The molecule has 1 unspecified atom stereocenters. The summed E-state index contributed by atoms with van der Waals surface area (Å²) in [5.74, 6) is -2.23. The van der Waals surface area contributed by atoms with E-state index in [9.17, 15) is 13.6 Å². The second kappa shape index (κ2) is 8.83. The van der Waals surface area contributed by atoms with Crippen molar-refractivity contribution in [2.75, 3.05) is 13.7 Å². The molecule has 8 heteroatoms. The number of benzene rings is 2. The molecule has 0 aliphatic carbocycles. The maximum absolute atomic E-state index is 14.4. The van der Waals surface area contributed by atoms with Crippen molar-refractivity contribution in [3.63, 3.8) is 0 Å². The molecule has 0 spiro atoms. The fourth-order valence-corrected chi connectivity index (χ4v) is 4.03. The number of aromatic nitrogens is 3. The van der Waals surface area contributed by atoms with Crippen LogP contribution in [0.15, 0.2) is 60.9 Å². The van der Waals surface area contributed by atoms with Crippen LogP contribution < -0.4 is 4.74 Å². The number of para-hydroxylation sites is 1. The Morgan fingerprint density at radius 2 is 1.90 bits per heavy atom. The molecule has 0 bridgehead atoms. The van der Waals surface area contributed by atoms with Gasteiger partial charge in [-0.25, -0.2) is 8.78 Å². The Kier molecular flexibility index (Phi) is 5.97. The highest BCUT2D eigenvalue weighted by Gasteiger charge is 2.49. The van der Waals surface area contributed by atoms with E-state index in [1.54, 1.807) is 11.7 Å². The first-order valence-electron chi connectivity index (χ1n) is 10.2. The van der Waals surface area contributed by atoms with Crippen molar-refractivity contribution in [1.29, 1.82) is 0 Å². The number of carbonyl (C=O) groups is 1. The first kappa shape index (κ1) is 21.0. The van der Waals surface area contributed by atoms with E-state index in [2.05, 4.69) is 10.2 Å². The number of hydrogen-bond acceptors (Lipinski definition) is 4. The maximum atomic E-state index is 14.4. The van der Waals surface area contributed by atoms with Crippen LogP contribution >= 0.6 is 0 Å². The fraction of sp³-hybridized carbons (Fsp3) is 0.348. The quantitative estimate of drug-likeness (QED) is 0.575. The number of likely N-dealkylation sites (tertiary alicyclic amines) is 1. The van der Waals surface area contributed by atoms with E-state index in [1.165, 1.54) is 11.2 Å². The van der Waals surface area contributed by atoms with Crippen molar-refractivity contribution >= 4 is 5.91 Å². The van der Waals surface area contributed by atoms with Crippen molar-refractivity contribution in [3.05, 3.63) is 77.9 Å². The van der Waals surface area contributed by atoms with Gasteiger partial charge in [0.2, 0.25) is 5.91 Å². The molecule has 2 aromatic carbocycles.